The summed E-state index contributed by atoms with van der Waals surface area (Å²) in [7, 11) is 0. The standard InChI is InChI=1S/C18H25N3O2/c1-12(11-17(22)16-8-6-5-7-9-16)19-18(23)15(4)21-14(3)10-13(2)20-21/h5-10,12,15,17,22H,11H2,1-4H3,(H,19,23). The summed E-state index contributed by atoms with van der Waals surface area (Å²) in [5.74, 6) is -0.0936. The van der Waals surface area contributed by atoms with E-state index in [9.17, 15) is 9.90 Å². The summed E-state index contributed by atoms with van der Waals surface area (Å²) in [5, 5.41) is 17.5. The molecule has 0 fully saturated rings. The molecule has 0 aliphatic rings. The lowest BCUT2D eigenvalue weighted by Gasteiger charge is -2.21. The molecule has 2 rings (SSSR count). The van der Waals surface area contributed by atoms with Crippen molar-refractivity contribution >= 4 is 5.91 Å². The molecule has 1 amide bonds. The van der Waals surface area contributed by atoms with Gasteiger partial charge in [0, 0.05) is 11.7 Å². The molecule has 3 unspecified atom stereocenters. The fourth-order valence-corrected chi connectivity index (χ4v) is 2.72. The molecule has 5 heteroatoms. The lowest BCUT2D eigenvalue weighted by atomic mass is 10.0. The molecular formula is C18H25N3O2. The van der Waals surface area contributed by atoms with Gasteiger partial charge < -0.3 is 10.4 Å². The Morgan fingerprint density at radius 2 is 1.91 bits per heavy atom. The third kappa shape index (κ3) is 4.42. The zero-order valence-corrected chi connectivity index (χ0v) is 14.2. The number of carbonyl (C=O) groups excluding carboxylic acids is 1. The Hall–Kier alpha value is -2.14. The Morgan fingerprint density at radius 3 is 2.48 bits per heavy atom. The van der Waals surface area contributed by atoms with Crippen LogP contribution in [0.1, 0.15) is 49.4 Å². The van der Waals surface area contributed by atoms with E-state index >= 15 is 0 Å². The Bertz CT molecular complexity index is 652. The highest BCUT2D eigenvalue weighted by molar-refractivity contribution is 5.80. The molecule has 0 spiro atoms. The third-order valence-electron chi connectivity index (χ3n) is 3.94. The van der Waals surface area contributed by atoms with Crippen LogP contribution in [-0.4, -0.2) is 26.8 Å². The minimum atomic E-state index is -0.588. The summed E-state index contributed by atoms with van der Waals surface area (Å²) in [4.78, 5) is 12.4. The molecule has 1 heterocycles. The number of hydrogen-bond acceptors (Lipinski definition) is 3. The fourth-order valence-electron chi connectivity index (χ4n) is 2.72. The highest BCUT2D eigenvalue weighted by atomic mass is 16.3. The predicted molar refractivity (Wildman–Crippen MR) is 90.0 cm³/mol. The second-order valence-electron chi connectivity index (χ2n) is 6.12. The summed E-state index contributed by atoms with van der Waals surface area (Å²) in [6.07, 6.45) is -0.116. The molecule has 2 N–H and O–H groups in total. The molecule has 3 atom stereocenters. The molecular weight excluding hydrogens is 290 g/mol. The van der Waals surface area contributed by atoms with Crippen LogP contribution in [0.5, 0.6) is 0 Å². The smallest absolute Gasteiger partial charge is 0.244 e. The van der Waals surface area contributed by atoms with Gasteiger partial charge in [0.2, 0.25) is 5.91 Å². The average Bonchev–Trinajstić information content (AvgIpc) is 2.85. The van der Waals surface area contributed by atoms with Crippen molar-refractivity contribution in [1.29, 1.82) is 0 Å². The molecule has 0 aliphatic heterocycles. The van der Waals surface area contributed by atoms with E-state index in [0.29, 0.717) is 6.42 Å². The SMILES string of the molecule is Cc1cc(C)n(C(C)C(=O)NC(C)CC(O)c2ccccc2)n1. The van der Waals surface area contributed by atoms with E-state index in [1.54, 1.807) is 4.68 Å². The molecule has 0 radical (unpaired) electrons. The first-order chi connectivity index (χ1) is 10.9. The minimum Gasteiger partial charge on any atom is -0.388 e. The van der Waals surface area contributed by atoms with Gasteiger partial charge in [-0.2, -0.15) is 5.10 Å². The van der Waals surface area contributed by atoms with Gasteiger partial charge in [-0.1, -0.05) is 30.3 Å². The first-order valence-electron chi connectivity index (χ1n) is 7.94. The van der Waals surface area contributed by atoms with Crippen LogP contribution in [0, 0.1) is 13.8 Å². The lowest BCUT2D eigenvalue weighted by Crippen LogP contribution is -2.38. The zero-order chi connectivity index (χ0) is 17.0. The molecule has 0 aliphatic carbocycles. The zero-order valence-electron chi connectivity index (χ0n) is 14.2. The van der Waals surface area contributed by atoms with Gasteiger partial charge in [-0.25, -0.2) is 0 Å². The van der Waals surface area contributed by atoms with E-state index in [-0.39, 0.29) is 18.0 Å². The molecule has 1 aromatic carbocycles. The fraction of sp³-hybridized carbons (Fsp3) is 0.444. The van der Waals surface area contributed by atoms with Crippen molar-refractivity contribution in [3.8, 4) is 0 Å². The van der Waals surface area contributed by atoms with Crippen LogP contribution in [-0.2, 0) is 4.79 Å². The van der Waals surface area contributed by atoms with Crippen LogP contribution in [0.15, 0.2) is 36.4 Å². The summed E-state index contributed by atoms with van der Waals surface area (Å²) >= 11 is 0. The van der Waals surface area contributed by atoms with E-state index in [4.69, 9.17) is 0 Å². The largest absolute Gasteiger partial charge is 0.388 e. The summed E-state index contributed by atoms with van der Waals surface area (Å²) < 4.78 is 1.73. The van der Waals surface area contributed by atoms with E-state index in [0.717, 1.165) is 17.0 Å². The molecule has 0 saturated carbocycles. The Labute approximate surface area is 137 Å². The maximum Gasteiger partial charge on any atom is 0.244 e. The highest BCUT2D eigenvalue weighted by Crippen LogP contribution is 2.18. The molecule has 0 saturated heterocycles. The molecule has 124 valence electrons. The monoisotopic (exact) mass is 315 g/mol. The number of benzene rings is 1. The number of hydrogen-bond donors (Lipinski definition) is 2. The van der Waals surface area contributed by atoms with E-state index in [2.05, 4.69) is 10.4 Å². The van der Waals surface area contributed by atoms with E-state index in [1.807, 2.05) is 64.1 Å². The van der Waals surface area contributed by atoms with Crippen LogP contribution in [0.2, 0.25) is 0 Å². The molecule has 23 heavy (non-hydrogen) atoms. The highest BCUT2D eigenvalue weighted by Gasteiger charge is 2.21. The second-order valence-corrected chi connectivity index (χ2v) is 6.12. The number of amides is 1. The Balaban J connectivity index is 1.93. The van der Waals surface area contributed by atoms with Crippen molar-refractivity contribution in [3.05, 3.63) is 53.3 Å². The summed E-state index contributed by atoms with van der Waals surface area (Å²) in [6, 6.07) is 10.9. The quantitative estimate of drug-likeness (QED) is 0.861. The Morgan fingerprint density at radius 1 is 1.26 bits per heavy atom. The van der Waals surface area contributed by atoms with Crippen molar-refractivity contribution < 1.29 is 9.90 Å². The van der Waals surface area contributed by atoms with Crippen molar-refractivity contribution in [2.24, 2.45) is 0 Å². The van der Waals surface area contributed by atoms with E-state index < -0.39 is 6.10 Å². The second kappa shape index (κ2) is 7.42. The maximum atomic E-state index is 12.4. The third-order valence-corrected chi connectivity index (χ3v) is 3.94. The van der Waals surface area contributed by atoms with Gasteiger partial charge in [-0.3, -0.25) is 9.48 Å². The van der Waals surface area contributed by atoms with E-state index in [1.165, 1.54) is 0 Å². The van der Waals surface area contributed by atoms with Gasteiger partial charge in [0.15, 0.2) is 0 Å². The van der Waals surface area contributed by atoms with Gasteiger partial charge in [-0.05, 0) is 45.7 Å². The predicted octanol–water partition coefficient (Wildman–Crippen LogP) is 2.69. The molecule has 1 aromatic heterocycles. The van der Waals surface area contributed by atoms with Crippen LogP contribution < -0.4 is 5.32 Å². The van der Waals surface area contributed by atoms with Crippen molar-refractivity contribution in [1.82, 2.24) is 15.1 Å². The van der Waals surface area contributed by atoms with Crippen molar-refractivity contribution in [2.45, 2.75) is 52.3 Å². The minimum absolute atomic E-state index is 0.0936. The number of rotatable bonds is 6. The topological polar surface area (TPSA) is 67.2 Å². The first-order valence-corrected chi connectivity index (χ1v) is 7.94. The van der Waals surface area contributed by atoms with Crippen LogP contribution in [0.25, 0.3) is 0 Å². The van der Waals surface area contributed by atoms with Crippen LogP contribution >= 0.6 is 0 Å². The number of carbonyl (C=O) groups is 1. The lowest BCUT2D eigenvalue weighted by molar-refractivity contribution is -0.125. The number of aliphatic hydroxyl groups excluding tert-OH is 1. The van der Waals surface area contributed by atoms with Gasteiger partial charge in [0.1, 0.15) is 6.04 Å². The van der Waals surface area contributed by atoms with Crippen molar-refractivity contribution in [2.75, 3.05) is 0 Å². The molecule has 5 nitrogen and oxygen atoms in total. The average molecular weight is 315 g/mol. The molecule has 0 bridgehead atoms. The maximum absolute atomic E-state index is 12.4. The van der Waals surface area contributed by atoms with Crippen LogP contribution in [0.3, 0.4) is 0 Å². The van der Waals surface area contributed by atoms with Gasteiger partial charge in [0.25, 0.3) is 0 Å². The normalized spacial score (nSPS) is 15.0. The van der Waals surface area contributed by atoms with Crippen LogP contribution in [0.4, 0.5) is 0 Å². The Kier molecular flexibility index (Phi) is 5.55. The molecule has 2 aromatic rings. The van der Waals surface area contributed by atoms with Gasteiger partial charge >= 0.3 is 0 Å². The van der Waals surface area contributed by atoms with Gasteiger partial charge in [0.05, 0.1) is 11.8 Å². The number of nitrogens with one attached hydrogen (secondary N) is 1. The van der Waals surface area contributed by atoms with Gasteiger partial charge in [-0.15, -0.1) is 0 Å². The summed E-state index contributed by atoms with van der Waals surface area (Å²) in [6.45, 7) is 7.58. The number of nitrogens with zero attached hydrogens (tertiary/aromatic N) is 2. The number of aliphatic hydroxyl groups is 1. The summed E-state index contributed by atoms with van der Waals surface area (Å²) in [5.41, 5.74) is 2.72. The first kappa shape index (κ1) is 17.2. The number of aryl methyl sites for hydroxylation is 2. The van der Waals surface area contributed by atoms with Crippen molar-refractivity contribution in [3.63, 3.8) is 0 Å². The number of aromatic nitrogens is 2.